The molecule has 1 aliphatic rings. The molecule has 0 saturated carbocycles. The van der Waals surface area contributed by atoms with Gasteiger partial charge in [0.2, 0.25) is 0 Å². The summed E-state index contributed by atoms with van der Waals surface area (Å²) in [5.41, 5.74) is 6.35. The Hall–Kier alpha value is -1.37. The van der Waals surface area contributed by atoms with Gasteiger partial charge in [-0.05, 0) is 58.3 Å². The molecule has 1 saturated heterocycles. The molecule has 1 heterocycles. The summed E-state index contributed by atoms with van der Waals surface area (Å²) in [5.74, 6) is 0.279. The second-order valence-electron chi connectivity index (χ2n) is 6.63. The van der Waals surface area contributed by atoms with E-state index in [9.17, 15) is 4.39 Å². The van der Waals surface area contributed by atoms with E-state index in [1.807, 2.05) is 34.6 Å². The second kappa shape index (κ2) is 6.63. The summed E-state index contributed by atoms with van der Waals surface area (Å²) in [4.78, 5) is 0. The highest BCUT2D eigenvalue weighted by molar-refractivity contribution is 6.55. The normalized spacial score (nSPS) is 20.0. The Kier molecular flexibility index (Phi) is 5.18. The summed E-state index contributed by atoms with van der Waals surface area (Å²) in [6.45, 7) is 10.6. The van der Waals surface area contributed by atoms with Crippen molar-refractivity contribution in [3.05, 3.63) is 35.1 Å². The van der Waals surface area contributed by atoms with Crippen LogP contribution in [0.5, 0.6) is 5.75 Å². The maximum atomic E-state index is 13.6. The molecular weight excluding hydrogens is 296 g/mol. The Bertz CT molecular complexity index is 586. The third-order valence-electron chi connectivity index (χ3n) is 4.40. The quantitative estimate of drug-likeness (QED) is 0.846. The fourth-order valence-corrected chi connectivity index (χ4v) is 2.34. The van der Waals surface area contributed by atoms with Gasteiger partial charge in [0.1, 0.15) is 11.6 Å². The SMILES string of the molecule is CCOc1ccc(F)cc1C=C(CN)B1OC(C)(C)C(C)(C)O1. The molecule has 1 aromatic carbocycles. The molecule has 1 aromatic rings. The molecule has 0 aliphatic carbocycles. The Morgan fingerprint density at radius 2 is 1.87 bits per heavy atom. The highest BCUT2D eigenvalue weighted by Crippen LogP contribution is 2.39. The van der Waals surface area contributed by atoms with Crippen molar-refractivity contribution in [3.63, 3.8) is 0 Å². The first kappa shape index (κ1) is 18.0. The fourth-order valence-electron chi connectivity index (χ4n) is 2.34. The topological polar surface area (TPSA) is 53.7 Å². The molecule has 1 aliphatic heterocycles. The maximum absolute atomic E-state index is 13.6. The fraction of sp³-hybridized carbons (Fsp3) is 0.529. The lowest BCUT2D eigenvalue weighted by Gasteiger charge is -2.32. The zero-order chi connectivity index (χ0) is 17.3. The number of nitrogens with two attached hydrogens (primary N) is 1. The van der Waals surface area contributed by atoms with Crippen molar-refractivity contribution in [2.75, 3.05) is 13.2 Å². The summed E-state index contributed by atoms with van der Waals surface area (Å²) >= 11 is 0. The van der Waals surface area contributed by atoms with Gasteiger partial charge < -0.3 is 19.8 Å². The average Bonchev–Trinajstić information content (AvgIpc) is 2.67. The zero-order valence-electron chi connectivity index (χ0n) is 14.5. The minimum absolute atomic E-state index is 0.249. The number of hydrogen-bond donors (Lipinski definition) is 1. The molecule has 0 spiro atoms. The summed E-state index contributed by atoms with van der Waals surface area (Å²) < 4.78 is 31.2. The molecule has 0 amide bonds. The molecule has 4 nitrogen and oxygen atoms in total. The van der Waals surface area contributed by atoms with E-state index in [4.69, 9.17) is 19.8 Å². The molecule has 2 N–H and O–H groups in total. The summed E-state index contributed by atoms with van der Waals surface area (Å²) in [6.07, 6.45) is 1.79. The van der Waals surface area contributed by atoms with Crippen LogP contribution < -0.4 is 10.5 Å². The predicted octanol–water partition coefficient (Wildman–Crippen LogP) is 3.20. The molecule has 0 bridgehead atoms. The molecule has 0 unspecified atom stereocenters. The van der Waals surface area contributed by atoms with Crippen LogP contribution in [0.2, 0.25) is 0 Å². The Morgan fingerprint density at radius 1 is 1.26 bits per heavy atom. The lowest BCUT2D eigenvalue weighted by atomic mass is 9.77. The highest BCUT2D eigenvalue weighted by Gasteiger charge is 2.52. The van der Waals surface area contributed by atoms with Crippen LogP contribution in [0.3, 0.4) is 0 Å². The molecule has 0 atom stereocenters. The van der Waals surface area contributed by atoms with Crippen molar-refractivity contribution in [2.24, 2.45) is 5.73 Å². The second-order valence-corrected chi connectivity index (χ2v) is 6.63. The Labute approximate surface area is 137 Å². The van der Waals surface area contributed by atoms with E-state index < -0.39 is 18.3 Å². The van der Waals surface area contributed by atoms with Gasteiger partial charge >= 0.3 is 7.12 Å². The van der Waals surface area contributed by atoms with Gasteiger partial charge in [0.25, 0.3) is 0 Å². The Balaban J connectivity index is 2.35. The van der Waals surface area contributed by atoms with Crippen LogP contribution in [0.15, 0.2) is 23.7 Å². The van der Waals surface area contributed by atoms with Crippen molar-refractivity contribution < 1.29 is 18.4 Å². The van der Waals surface area contributed by atoms with Gasteiger partial charge in [-0.15, -0.1) is 0 Å². The molecule has 6 heteroatoms. The van der Waals surface area contributed by atoms with Gasteiger partial charge in [0, 0.05) is 12.1 Å². The van der Waals surface area contributed by atoms with Crippen LogP contribution in [0, 0.1) is 5.82 Å². The lowest BCUT2D eigenvalue weighted by molar-refractivity contribution is 0.00578. The Morgan fingerprint density at radius 3 is 2.39 bits per heavy atom. The highest BCUT2D eigenvalue weighted by atomic mass is 19.1. The van der Waals surface area contributed by atoms with Crippen molar-refractivity contribution in [1.82, 2.24) is 0 Å². The van der Waals surface area contributed by atoms with E-state index in [0.717, 1.165) is 5.47 Å². The summed E-state index contributed by atoms with van der Waals surface area (Å²) in [6, 6.07) is 4.41. The van der Waals surface area contributed by atoms with Crippen LogP contribution in [-0.4, -0.2) is 31.5 Å². The minimum Gasteiger partial charge on any atom is -0.493 e. The van der Waals surface area contributed by atoms with Crippen LogP contribution in [0.4, 0.5) is 4.39 Å². The predicted molar refractivity (Wildman–Crippen MR) is 90.7 cm³/mol. The van der Waals surface area contributed by atoms with E-state index in [1.54, 1.807) is 12.1 Å². The average molecular weight is 321 g/mol. The molecule has 2 rings (SSSR count). The molecule has 0 radical (unpaired) electrons. The maximum Gasteiger partial charge on any atom is 0.491 e. The number of rotatable bonds is 5. The van der Waals surface area contributed by atoms with E-state index in [0.29, 0.717) is 17.9 Å². The van der Waals surface area contributed by atoms with Crippen LogP contribution in [0.25, 0.3) is 6.08 Å². The summed E-state index contributed by atoms with van der Waals surface area (Å²) in [5, 5.41) is 0. The van der Waals surface area contributed by atoms with E-state index in [2.05, 4.69) is 0 Å². The van der Waals surface area contributed by atoms with Crippen molar-refractivity contribution in [2.45, 2.75) is 45.8 Å². The smallest absolute Gasteiger partial charge is 0.491 e. The first-order valence-electron chi connectivity index (χ1n) is 7.88. The summed E-state index contributed by atoms with van der Waals surface area (Å²) in [7, 11) is -0.553. The number of hydrogen-bond acceptors (Lipinski definition) is 4. The van der Waals surface area contributed by atoms with Crippen molar-refractivity contribution in [1.29, 1.82) is 0 Å². The van der Waals surface area contributed by atoms with E-state index >= 15 is 0 Å². The lowest BCUT2D eigenvalue weighted by Crippen LogP contribution is -2.41. The van der Waals surface area contributed by atoms with Crippen molar-refractivity contribution in [3.8, 4) is 5.75 Å². The van der Waals surface area contributed by atoms with Gasteiger partial charge in [-0.3, -0.25) is 0 Å². The first-order valence-corrected chi connectivity index (χ1v) is 7.88. The minimum atomic E-state index is -0.553. The molecule has 0 aromatic heterocycles. The molecule has 126 valence electrons. The standard InChI is InChI=1S/C17H25BFNO3/c1-6-21-15-8-7-14(19)10-12(15)9-13(11-20)18-22-16(2,3)17(4,5)23-18/h7-10H,6,11,20H2,1-5H3. The zero-order valence-corrected chi connectivity index (χ0v) is 14.5. The van der Waals surface area contributed by atoms with E-state index in [1.165, 1.54) is 12.1 Å². The number of benzene rings is 1. The molecular formula is C17H25BFNO3. The monoisotopic (exact) mass is 321 g/mol. The van der Waals surface area contributed by atoms with Gasteiger partial charge in [-0.1, -0.05) is 6.08 Å². The van der Waals surface area contributed by atoms with Crippen LogP contribution >= 0.6 is 0 Å². The van der Waals surface area contributed by atoms with E-state index in [-0.39, 0.29) is 12.4 Å². The van der Waals surface area contributed by atoms with Crippen LogP contribution in [-0.2, 0) is 9.31 Å². The van der Waals surface area contributed by atoms with Gasteiger partial charge in [-0.2, -0.15) is 0 Å². The first-order chi connectivity index (χ1) is 10.7. The van der Waals surface area contributed by atoms with Crippen LogP contribution in [0.1, 0.15) is 40.2 Å². The number of ether oxygens (including phenoxy) is 1. The van der Waals surface area contributed by atoms with Gasteiger partial charge in [-0.25, -0.2) is 4.39 Å². The molecule has 23 heavy (non-hydrogen) atoms. The third kappa shape index (κ3) is 3.76. The van der Waals surface area contributed by atoms with Gasteiger partial charge in [0.05, 0.1) is 17.8 Å². The molecule has 1 fully saturated rings. The third-order valence-corrected chi connectivity index (χ3v) is 4.40. The van der Waals surface area contributed by atoms with Gasteiger partial charge in [0.15, 0.2) is 0 Å². The number of halogens is 1. The largest absolute Gasteiger partial charge is 0.493 e. The van der Waals surface area contributed by atoms with Crippen molar-refractivity contribution >= 4 is 13.2 Å².